The second kappa shape index (κ2) is 5.67. The highest BCUT2D eigenvalue weighted by Crippen LogP contribution is 2.31. The van der Waals surface area contributed by atoms with Crippen LogP contribution < -0.4 is 0 Å². The molecule has 3 aromatic heterocycles. The molecule has 7 heteroatoms. The van der Waals surface area contributed by atoms with Crippen LogP contribution in [0.25, 0.3) is 0 Å². The molecule has 0 aromatic carbocycles. The van der Waals surface area contributed by atoms with Crippen LogP contribution in [0.1, 0.15) is 40.0 Å². The molecule has 0 spiro atoms. The summed E-state index contributed by atoms with van der Waals surface area (Å²) < 4.78 is 9.19. The van der Waals surface area contributed by atoms with Crippen LogP contribution in [0.4, 0.5) is 0 Å². The van der Waals surface area contributed by atoms with Crippen LogP contribution in [0.3, 0.4) is 0 Å². The van der Waals surface area contributed by atoms with Crippen molar-refractivity contribution in [2.75, 3.05) is 6.54 Å². The van der Waals surface area contributed by atoms with E-state index >= 15 is 0 Å². The van der Waals surface area contributed by atoms with Crippen molar-refractivity contribution in [3.63, 3.8) is 0 Å². The summed E-state index contributed by atoms with van der Waals surface area (Å²) in [5.74, 6) is 1.47. The quantitative estimate of drug-likeness (QED) is 0.724. The Bertz CT molecular complexity index is 875. The predicted molar refractivity (Wildman–Crippen MR) is 86.4 cm³/mol. The molecule has 24 heavy (non-hydrogen) atoms. The number of hydrogen-bond donors (Lipinski definition) is 0. The third-order valence-corrected chi connectivity index (χ3v) is 4.49. The van der Waals surface area contributed by atoms with E-state index < -0.39 is 0 Å². The predicted octanol–water partition coefficient (Wildman–Crippen LogP) is 2.15. The lowest BCUT2D eigenvalue weighted by Crippen LogP contribution is -2.36. The summed E-state index contributed by atoms with van der Waals surface area (Å²) in [5, 5.41) is 4.28. The van der Waals surface area contributed by atoms with Gasteiger partial charge in [-0.15, -0.1) is 0 Å². The van der Waals surface area contributed by atoms with Gasteiger partial charge in [0.05, 0.1) is 18.0 Å². The fraction of sp³-hybridized carbons (Fsp3) is 0.353. The summed E-state index contributed by atoms with van der Waals surface area (Å²) in [5.41, 5.74) is 1.56. The first-order valence-electron chi connectivity index (χ1n) is 8.00. The second-order valence-corrected chi connectivity index (χ2v) is 6.07. The zero-order valence-electron chi connectivity index (χ0n) is 13.7. The van der Waals surface area contributed by atoms with E-state index in [1.54, 1.807) is 29.4 Å². The van der Waals surface area contributed by atoms with Gasteiger partial charge in [0.25, 0.3) is 5.91 Å². The minimum absolute atomic E-state index is 0.0356. The normalized spacial score (nSPS) is 17.6. The lowest BCUT2D eigenvalue weighted by molar-refractivity contribution is 0.0705. The van der Waals surface area contributed by atoms with Gasteiger partial charge in [-0.3, -0.25) is 9.48 Å². The minimum atomic E-state index is -0.252. The van der Waals surface area contributed by atoms with Crippen molar-refractivity contribution in [2.24, 2.45) is 7.05 Å². The number of nitrogens with zero attached hydrogens (tertiary/aromatic N) is 5. The molecule has 1 aliphatic heterocycles. The molecule has 0 radical (unpaired) electrons. The van der Waals surface area contributed by atoms with Crippen LogP contribution in [0.5, 0.6) is 0 Å². The summed E-state index contributed by atoms with van der Waals surface area (Å²) in [6.07, 6.45) is 9.93. The van der Waals surface area contributed by atoms with Gasteiger partial charge >= 0.3 is 0 Å². The average Bonchev–Trinajstić information content (AvgIpc) is 3.27. The SMILES string of the molecule is Cc1occc1C(=O)N1CCCn2ccnc2C1c1cnn(C)c1. The Morgan fingerprint density at radius 1 is 1.38 bits per heavy atom. The van der Waals surface area contributed by atoms with Crippen molar-refractivity contribution < 1.29 is 9.21 Å². The lowest BCUT2D eigenvalue weighted by Gasteiger charge is -2.28. The molecule has 0 N–H and O–H groups in total. The summed E-state index contributed by atoms with van der Waals surface area (Å²) in [7, 11) is 1.87. The Labute approximate surface area is 139 Å². The first-order chi connectivity index (χ1) is 11.6. The van der Waals surface area contributed by atoms with Crippen molar-refractivity contribution in [3.8, 4) is 0 Å². The second-order valence-electron chi connectivity index (χ2n) is 6.07. The molecule has 1 aliphatic rings. The van der Waals surface area contributed by atoms with Gasteiger partial charge in [-0.05, 0) is 19.4 Å². The van der Waals surface area contributed by atoms with Crippen LogP contribution >= 0.6 is 0 Å². The van der Waals surface area contributed by atoms with E-state index in [2.05, 4.69) is 14.6 Å². The Morgan fingerprint density at radius 2 is 2.25 bits per heavy atom. The van der Waals surface area contributed by atoms with Gasteiger partial charge in [0.15, 0.2) is 0 Å². The first-order valence-corrected chi connectivity index (χ1v) is 8.00. The highest BCUT2D eigenvalue weighted by molar-refractivity contribution is 5.95. The van der Waals surface area contributed by atoms with Crippen LogP contribution in [0.15, 0.2) is 41.5 Å². The summed E-state index contributed by atoms with van der Waals surface area (Å²) >= 11 is 0. The molecule has 1 amide bonds. The van der Waals surface area contributed by atoms with E-state index in [-0.39, 0.29) is 11.9 Å². The molecule has 1 unspecified atom stereocenters. The Hall–Kier alpha value is -2.83. The maximum Gasteiger partial charge on any atom is 0.258 e. The van der Waals surface area contributed by atoms with Crippen LogP contribution in [0, 0.1) is 6.92 Å². The maximum absolute atomic E-state index is 13.2. The van der Waals surface area contributed by atoms with Crippen molar-refractivity contribution >= 4 is 5.91 Å². The molecule has 124 valence electrons. The van der Waals surface area contributed by atoms with E-state index in [9.17, 15) is 4.79 Å². The molecular weight excluding hydrogens is 306 g/mol. The molecule has 0 aliphatic carbocycles. The van der Waals surface area contributed by atoms with E-state index in [0.717, 1.165) is 24.4 Å². The number of rotatable bonds is 2. The summed E-state index contributed by atoms with van der Waals surface area (Å²) in [6, 6.07) is 1.48. The third-order valence-electron chi connectivity index (χ3n) is 4.49. The Kier molecular flexibility index (Phi) is 3.48. The molecule has 1 atom stereocenters. The van der Waals surface area contributed by atoms with Gasteiger partial charge in [0, 0.05) is 44.3 Å². The van der Waals surface area contributed by atoms with Crippen molar-refractivity contribution in [1.82, 2.24) is 24.2 Å². The Balaban J connectivity index is 1.82. The van der Waals surface area contributed by atoms with Gasteiger partial charge in [-0.25, -0.2) is 4.98 Å². The van der Waals surface area contributed by atoms with Gasteiger partial charge in [0.2, 0.25) is 0 Å². The first kappa shape index (κ1) is 14.7. The van der Waals surface area contributed by atoms with Gasteiger partial charge in [-0.2, -0.15) is 5.10 Å². The molecule has 4 rings (SSSR count). The fourth-order valence-electron chi connectivity index (χ4n) is 3.33. The zero-order chi connectivity index (χ0) is 16.7. The number of carbonyl (C=O) groups is 1. The number of imidazole rings is 1. The van der Waals surface area contributed by atoms with E-state index in [1.807, 2.05) is 31.3 Å². The summed E-state index contributed by atoms with van der Waals surface area (Å²) in [6.45, 7) is 3.32. The molecule has 0 saturated heterocycles. The van der Waals surface area contributed by atoms with E-state index in [0.29, 0.717) is 17.9 Å². The Morgan fingerprint density at radius 3 is 2.96 bits per heavy atom. The van der Waals surface area contributed by atoms with Gasteiger partial charge in [0.1, 0.15) is 17.6 Å². The van der Waals surface area contributed by atoms with Crippen molar-refractivity contribution in [3.05, 3.63) is 59.8 Å². The lowest BCUT2D eigenvalue weighted by atomic mass is 10.1. The maximum atomic E-state index is 13.2. The number of fused-ring (bicyclic) bond motifs is 1. The monoisotopic (exact) mass is 325 g/mol. The number of carbonyl (C=O) groups excluding carboxylic acids is 1. The highest BCUT2D eigenvalue weighted by Gasteiger charge is 2.34. The topological polar surface area (TPSA) is 69.1 Å². The number of aromatic nitrogens is 4. The van der Waals surface area contributed by atoms with Crippen molar-refractivity contribution in [1.29, 1.82) is 0 Å². The zero-order valence-corrected chi connectivity index (χ0v) is 13.7. The molecule has 7 nitrogen and oxygen atoms in total. The molecule has 0 saturated carbocycles. The number of aryl methyl sites for hydroxylation is 3. The highest BCUT2D eigenvalue weighted by atomic mass is 16.3. The van der Waals surface area contributed by atoms with Crippen LogP contribution in [-0.2, 0) is 13.6 Å². The minimum Gasteiger partial charge on any atom is -0.469 e. The van der Waals surface area contributed by atoms with E-state index in [4.69, 9.17) is 4.42 Å². The molecule has 3 aromatic rings. The number of amides is 1. The number of furan rings is 1. The van der Waals surface area contributed by atoms with E-state index in [1.165, 1.54) is 0 Å². The van der Waals surface area contributed by atoms with Crippen LogP contribution in [-0.4, -0.2) is 36.7 Å². The smallest absolute Gasteiger partial charge is 0.258 e. The largest absolute Gasteiger partial charge is 0.469 e. The molecule has 4 heterocycles. The average molecular weight is 325 g/mol. The number of hydrogen-bond acceptors (Lipinski definition) is 4. The van der Waals surface area contributed by atoms with Gasteiger partial charge < -0.3 is 13.9 Å². The molecule has 0 fully saturated rings. The summed E-state index contributed by atoms with van der Waals surface area (Å²) in [4.78, 5) is 19.6. The third kappa shape index (κ3) is 2.33. The van der Waals surface area contributed by atoms with Crippen LogP contribution in [0.2, 0.25) is 0 Å². The van der Waals surface area contributed by atoms with Crippen molar-refractivity contribution in [2.45, 2.75) is 25.9 Å². The fourth-order valence-corrected chi connectivity index (χ4v) is 3.33. The molecular formula is C17H19N5O2. The molecule has 0 bridgehead atoms. The standard InChI is InChI=1S/C17H19N5O2/c1-12-14(4-9-24-12)17(23)22-7-3-6-21-8-5-18-16(21)15(22)13-10-19-20(2)11-13/h4-5,8-11,15H,3,6-7H2,1-2H3. The van der Waals surface area contributed by atoms with Gasteiger partial charge in [-0.1, -0.05) is 0 Å².